The van der Waals surface area contributed by atoms with E-state index in [4.69, 9.17) is 23.2 Å². The number of hydrogen-bond acceptors (Lipinski definition) is 1. The molecule has 1 N–H and O–H groups in total. The van der Waals surface area contributed by atoms with Crippen molar-refractivity contribution in [1.82, 2.24) is 9.88 Å². The zero-order chi connectivity index (χ0) is 17.1. The van der Waals surface area contributed by atoms with Gasteiger partial charge in [-0.25, -0.2) is 0 Å². The van der Waals surface area contributed by atoms with E-state index < -0.39 is 0 Å². The quantitative estimate of drug-likeness (QED) is 0.526. The van der Waals surface area contributed by atoms with Crippen molar-refractivity contribution >= 4 is 46.5 Å². The smallest absolute Gasteiger partial charge is 0.0491 e. The second-order valence-electron chi connectivity index (χ2n) is 6.56. The Labute approximate surface area is 165 Å². The summed E-state index contributed by atoms with van der Waals surface area (Å²) in [6.45, 7) is 7.07. The van der Waals surface area contributed by atoms with Gasteiger partial charge < -0.3 is 9.88 Å². The first-order valence-corrected chi connectivity index (χ1v) is 9.01. The molecular formula is C20H23Cl3N2. The van der Waals surface area contributed by atoms with Crippen LogP contribution in [0.2, 0.25) is 10.0 Å². The van der Waals surface area contributed by atoms with Crippen LogP contribution < -0.4 is 5.32 Å². The van der Waals surface area contributed by atoms with Crippen LogP contribution in [-0.2, 0) is 13.1 Å². The maximum atomic E-state index is 6.35. The van der Waals surface area contributed by atoms with Gasteiger partial charge in [-0.2, -0.15) is 0 Å². The Morgan fingerprint density at radius 1 is 1.04 bits per heavy atom. The Balaban J connectivity index is 0.00000225. The number of halogens is 3. The normalized spacial score (nSPS) is 11.1. The Morgan fingerprint density at radius 3 is 2.52 bits per heavy atom. The zero-order valence-electron chi connectivity index (χ0n) is 14.4. The van der Waals surface area contributed by atoms with Gasteiger partial charge in [-0.05, 0) is 41.8 Å². The minimum absolute atomic E-state index is 0. The number of hydrogen-bond donors (Lipinski definition) is 1. The lowest BCUT2D eigenvalue weighted by molar-refractivity contribution is 0.553. The maximum Gasteiger partial charge on any atom is 0.0491 e. The molecule has 0 saturated carbocycles. The average molecular weight is 398 g/mol. The summed E-state index contributed by atoms with van der Waals surface area (Å²) in [5, 5.41) is 6.20. The van der Waals surface area contributed by atoms with Crippen LogP contribution >= 0.6 is 35.6 Å². The van der Waals surface area contributed by atoms with Crippen LogP contribution in [0.25, 0.3) is 10.9 Å². The van der Waals surface area contributed by atoms with E-state index in [0.717, 1.165) is 25.2 Å². The van der Waals surface area contributed by atoms with E-state index in [0.29, 0.717) is 16.0 Å². The van der Waals surface area contributed by atoms with Gasteiger partial charge in [0.2, 0.25) is 0 Å². The molecule has 0 unspecified atom stereocenters. The van der Waals surface area contributed by atoms with Gasteiger partial charge in [0.25, 0.3) is 0 Å². The summed E-state index contributed by atoms with van der Waals surface area (Å²) < 4.78 is 2.26. The first kappa shape index (κ1) is 20.1. The van der Waals surface area contributed by atoms with E-state index in [9.17, 15) is 0 Å². The summed E-state index contributed by atoms with van der Waals surface area (Å²) in [5.74, 6) is 0.645. The lowest BCUT2D eigenvalue weighted by atomic mass is 10.1. The predicted octanol–water partition coefficient (Wildman–Crippen LogP) is 6.16. The molecule has 2 nitrogen and oxygen atoms in total. The number of nitrogens with one attached hydrogen (secondary N) is 1. The minimum atomic E-state index is 0. The van der Waals surface area contributed by atoms with Gasteiger partial charge >= 0.3 is 0 Å². The van der Waals surface area contributed by atoms with Gasteiger partial charge in [0, 0.05) is 40.2 Å². The molecule has 3 aromatic rings. The Morgan fingerprint density at radius 2 is 1.80 bits per heavy atom. The summed E-state index contributed by atoms with van der Waals surface area (Å²) >= 11 is 12.3. The van der Waals surface area contributed by atoms with Gasteiger partial charge in [-0.3, -0.25) is 0 Å². The third kappa shape index (κ3) is 4.92. The molecular weight excluding hydrogens is 375 g/mol. The molecule has 1 heterocycles. The molecule has 0 atom stereocenters. The van der Waals surface area contributed by atoms with E-state index in [1.165, 1.54) is 16.5 Å². The summed E-state index contributed by atoms with van der Waals surface area (Å²) in [4.78, 5) is 0. The summed E-state index contributed by atoms with van der Waals surface area (Å²) in [7, 11) is 0. The van der Waals surface area contributed by atoms with E-state index in [2.05, 4.69) is 54.2 Å². The lowest BCUT2D eigenvalue weighted by Crippen LogP contribution is -2.18. The highest BCUT2D eigenvalue weighted by atomic mass is 35.5. The number of para-hydroxylation sites is 1. The molecule has 0 spiro atoms. The molecule has 0 saturated heterocycles. The topological polar surface area (TPSA) is 17.0 Å². The fourth-order valence-electron chi connectivity index (χ4n) is 2.92. The van der Waals surface area contributed by atoms with Gasteiger partial charge in [0.1, 0.15) is 0 Å². The second kappa shape index (κ2) is 8.95. The number of benzene rings is 2. The minimum Gasteiger partial charge on any atom is -0.343 e. The first-order valence-electron chi connectivity index (χ1n) is 8.26. The first-order chi connectivity index (χ1) is 11.5. The molecule has 0 aliphatic rings. The third-order valence-electron chi connectivity index (χ3n) is 4.09. The fourth-order valence-corrected chi connectivity index (χ4v) is 3.39. The molecule has 0 fully saturated rings. The number of aromatic nitrogens is 1. The molecule has 25 heavy (non-hydrogen) atoms. The average Bonchev–Trinajstić information content (AvgIpc) is 2.88. The van der Waals surface area contributed by atoms with Crippen LogP contribution in [-0.4, -0.2) is 11.1 Å². The van der Waals surface area contributed by atoms with Crippen molar-refractivity contribution in [3.8, 4) is 0 Å². The molecule has 0 bridgehead atoms. The van der Waals surface area contributed by atoms with Crippen molar-refractivity contribution in [2.45, 2.75) is 26.9 Å². The van der Waals surface area contributed by atoms with Gasteiger partial charge in [0.15, 0.2) is 0 Å². The molecule has 0 aliphatic carbocycles. The number of nitrogens with zero attached hydrogens (tertiary/aromatic N) is 1. The Kier molecular flexibility index (Phi) is 7.21. The van der Waals surface area contributed by atoms with Crippen LogP contribution in [0.15, 0.2) is 48.7 Å². The van der Waals surface area contributed by atoms with E-state index in [1.54, 1.807) is 6.07 Å². The van der Waals surface area contributed by atoms with Gasteiger partial charge in [-0.1, -0.05) is 61.3 Å². The fraction of sp³-hybridized carbons (Fsp3) is 0.300. The number of fused-ring (bicyclic) bond motifs is 1. The third-order valence-corrected chi connectivity index (χ3v) is 4.68. The van der Waals surface area contributed by atoms with Crippen LogP contribution in [0, 0.1) is 5.92 Å². The van der Waals surface area contributed by atoms with Crippen molar-refractivity contribution in [2.24, 2.45) is 5.92 Å². The Bertz CT molecular complexity index is 840. The summed E-state index contributed by atoms with van der Waals surface area (Å²) in [5.41, 5.74) is 3.62. The molecule has 0 aliphatic heterocycles. The molecule has 3 rings (SSSR count). The largest absolute Gasteiger partial charge is 0.343 e. The van der Waals surface area contributed by atoms with Crippen molar-refractivity contribution in [3.63, 3.8) is 0 Å². The molecule has 1 aromatic heterocycles. The highest BCUT2D eigenvalue weighted by Crippen LogP contribution is 2.26. The highest BCUT2D eigenvalue weighted by molar-refractivity contribution is 6.35. The second-order valence-corrected chi connectivity index (χ2v) is 7.40. The van der Waals surface area contributed by atoms with Crippen LogP contribution in [0.1, 0.15) is 25.0 Å². The zero-order valence-corrected chi connectivity index (χ0v) is 16.8. The molecule has 2 aromatic carbocycles. The standard InChI is InChI=1S/C20H22Cl2N2.ClH/c1-14(2)10-23-11-16-13-24(20-6-4-3-5-18(16)20)12-15-7-8-17(21)9-19(15)22;/h3-9,13-14,23H,10-12H2,1-2H3;1H. The van der Waals surface area contributed by atoms with Crippen molar-refractivity contribution in [2.75, 3.05) is 6.54 Å². The molecule has 0 radical (unpaired) electrons. The van der Waals surface area contributed by atoms with E-state index >= 15 is 0 Å². The molecule has 5 heteroatoms. The monoisotopic (exact) mass is 396 g/mol. The van der Waals surface area contributed by atoms with Crippen LogP contribution in [0.5, 0.6) is 0 Å². The maximum absolute atomic E-state index is 6.35. The summed E-state index contributed by atoms with van der Waals surface area (Å²) in [6, 6.07) is 14.2. The van der Waals surface area contributed by atoms with Crippen molar-refractivity contribution in [3.05, 3.63) is 69.8 Å². The van der Waals surface area contributed by atoms with Gasteiger partial charge in [-0.15, -0.1) is 12.4 Å². The van der Waals surface area contributed by atoms with E-state index in [1.807, 2.05) is 12.1 Å². The summed E-state index contributed by atoms with van der Waals surface area (Å²) in [6.07, 6.45) is 2.23. The lowest BCUT2D eigenvalue weighted by Gasteiger charge is -2.08. The SMILES string of the molecule is CC(C)CNCc1cn(Cc2ccc(Cl)cc2Cl)c2ccccc12.Cl. The van der Waals surface area contributed by atoms with Crippen molar-refractivity contribution < 1.29 is 0 Å². The number of rotatable bonds is 6. The van der Waals surface area contributed by atoms with Crippen LogP contribution in [0.4, 0.5) is 0 Å². The Hall–Kier alpha value is -1.19. The van der Waals surface area contributed by atoms with E-state index in [-0.39, 0.29) is 12.4 Å². The highest BCUT2D eigenvalue weighted by Gasteiger charge is 2.10. The predicted molar refractivity (Wildman–Crippen MR) is 111 cm³/mol. The molecule has 134 valence electrons. The molecule has 0 amide bonds. The van der Waals surface area contributed by atoms with Gasteiger partial charge in [0.05, 0.1) is 0 Å². The van der Waals surface area contributed by atoms with Crippen molar-refractivity contribution in [1.29, 1.82) is 0 Å². The van der Waals surface area contributed by atoms with Crippen LogP contribution in [0.3, 0.4) is 0 Å².